The van der Waals surface area contributed by atoms with Gasteiger partial charge in [0, 0.05) is 26.8 Å². The SMILES string of the molecule is COc1cc(-c2[nH]c3ccc(Br)cc3c2CCCCN)nc2ccccc12. The van der Waals surface area contributed by atoms with Crippen molar-refractivity contribution in [1.82, 2.24) is 9.97 Å². The number of aryl methyl sites for hydroxylation is 1. The number of aromatic nitrogens is 2. The second kappa shape index (κ2) is 7.71. The number of fused-ring (bicyclic) bond motifs is 2. The molecule has 4 aromatic rings. The Kier molecular flexibility index (Phi) is 5.14. The van der Waals surface area contributed by atoms with E-state index in [9.17, 15) is 0 Å². The van der Waals surface area contributed by atoms with Crippen LogP contribution in [0.4, 0.5) is 0 Å². The van der Waals surface area contributed by atoms with Gasteiger partial charge >= 0.3 is 0 Å². The van der Waals surface area contributed by atoms with E-state index in [1.807, 2.05) is 30.3 Å². The van der Waals surface area contributed by atoms with E-state index in [1.165, 1.54) is 10.9 Å². The van der Waals surface area contributed by atoms with Gasteiger partial charge in [-0.3, -0.25) is 0 Å². The fourth-order valence-electron chi connectivity index (χ4n) is 3.58. The molecule has 2 aromatic carbocycles. The maximum atomic E-state index is 5.71. The molecule has 0 unspecified atom stereocenters. The number of nitrogens with two attached hydrogens (primary N) is 1. The molecule has 0 saturated heterocycles. The van der Waals surface area contributed by atoms with Gasteiger partial charge in [0.15, 0.2) is 0 Å². The van der Waals surface area contributed by atoms with Crippen LogP contribution in [-0.2, 0) is 6.42 Å². The molecule has 0 radical (unpaired) electrons. The van der Waals surface area contributed by atoms with Gasteiger partial charge in [0.1, 0.15) is 5.75 Å². The van der Waals surface area contributed by atoms with Gasteiger partial charge in [-0.25, -0.2) is 4.98 Å². The zero-order chi connectivity index (χ0) is 18.8. The lowest BCUT2D eigenvalue weighted by Crippen LogP contribution is -1.99. The van der Waals surface area contributed by atoms with Crippen molar-refractivity contribution in [1.29, 1.82) is 0 Å². The zero-order valence-electron chi connectivity index (χ0n) is 15.3. The predicted molar refractivity (Wildman–Crippen MR) is 115 cm³/mol. The normalized spacial score (nSPS) is 11.4. The summed E-state index contributed by atoms with van der Waals surface area (Å²) in [5.41, 5.74) is 11.0. The zero-order valence-corrected chi connectivity index (χ0v) is 16.8. The molecule has 2 aromatic heterocycles. The number of aromatic amines is 1. The Labute approximate surface area is 166 Å². The second-order valence-corrected chi connectivity index (χ2v) is 7.56. The molecule has 0 amide bonds. The van der Waals surface area contributed by atoms with Crippen LogP contribution in [0.5, 0.6) is 5.75 Å². The van der Waals surface area contributed by atoms with Gasteiger partial charge in [0.05, 0.1) is 24.0 Å². The first-order valence-corrected chi connectivity index (χ1v) is 9.95. The molecule has 0 spiro atoms. The summed E-state index contributed by atoms with van der Waals surface area (Å²) in [6.45, 7) is 0.712. The number of methoxy groups -OCH3 is 1. The molecule has 0 aliphatic carbocycles. The van der Waals surface area contributed by atoms with Crippen LogP contribution < -0.4 is 10.5 Å². The Balaban J connectivity index is 1.92. The fourth-order valence-corrected chi connectivity index (χ4v) is 3.95. The number of pyridine rings is 1. The number of halogens is 1. The standard InChI is InChI=1S/C22H22BrN3O/c1-27-21-13-20(25-18-8-3-2-7-16(18)21)22-15(6-4-5-11-24)17-12-14(23)9-10-19(17)26-22/h2-3,7-10,12-13,26H,4-6,11,24H2,1H3. The van der Waals surface area contributed by atoms with Gasteiger partial charge in [0.25, 0.3) is 0 Å². The molecule has 4 rings (SSSR count). The van der Waals surface area contributed by atoms with Crippen LogP contribution in [0.2, 0.25) is 0 Å². The lowest BCUT2D eigenvalue weighted by atomic mass is 10.0. The van der Waals surface area contributed by atoms with Gasteiger partial charge in [-0.1, -0.05) is 28.1 Å². The van der Waals surface area contributed by atoms with Crippen molar-refractivity contribution in [3.8, 4) is 17.1 Å². The van der Waals surface area contributed by atoms with Gasteiger partial charge < -0.3 is 15.5 Å². The van der Waals surface area contributed by atoms with Crippen LogP contribution in [-0.4, -0.2) is 23.6 Å². The Morgan fingerprint density at radius 3 is 2.74 bits per heavy atom. The van der Waals surface area contributed by atoms with E-state index in [2.05, 4.69) is 39.1 Å². The lowest BCUT2D eigenvalue weighted by Gasteiger charge is -2.10. The van der Waals surface area contributed by atoms with Crippen LogP contribution in [0.3, 0.4) is 0 Å². The number of hydrogen-bond acceptors (Lipinski definition) is 3. The lowest BCUT2D eigenvalue weighted by molar-refractivity contribution is 0.419. The summed E-state index contributed by atoms with van der Waals surface area (Å²) < 4.78 is 6.72. The fraction of sp³-hybridized carbons (Fsp3) is 0.227. The van der Waals surface area contributed by atoms with Crippen LogP contribution in [0.25, 0.3) is 33.2 Å². The third-order valence-electron chi connectivity index (χ3n) is 4.90. The molecule has 0 aliphatic rings. The third-order valence-corrected chi connectivity index (χ3v) is 5.40. The number of rotatable bonds is 6. The molecule has 0 aliphatic heterocycles. The van der Waals surface area contributed by atoms with Gasteiger partial charge in [-0.05, 0) is 61.7 Å². The number of nitrogens with one attached hydrogen (secondary N) is 1. The highest BCUT2D eigenvalue weighted by Crippen LogP contribution is 2.35. The van der Waals surface area contributed by atoms with Crippen LogP contribution in [0.1, 0.15) is 18.4 Å². The number of hydrogen-bond donors (Lipinski definition) is 2. The van der Waals surface area contributed by atoms with E-state index < -0.39 is 0 Å². The third kappa shape index (κ3) is 3.45. The molecular weight excluding hydrogens is 402 g/mol. The first kappa shape index (κ1) is 18.0. The summed E-state index contributed by atoms with van der Waals surface area (Å²) in [6, 6.07) is 16.4. The quantitative estimate of drug-likeness (QED) is 0.406. The van der Waals surface area contributed by atoms with Crippen LogP contribution in [0, 0.1) is 0 Å². The number of nitrogens with zero attached hydrogens (tertiary/aromatic N) is 1. The van der Waals surface area contributed by atoms with Crippen molar-refractivity contribution < 1.29 is 4.74 Å². The molecule has 27 heavy (non-hydrogen) atoms. The van der Waals surface area contributed by atoms with Crippen molar-refractivity contribution in [2.24, 2.45) is 5.73 Å². The predicted octanol–water partition coefficient (Wildman–Crippen LogP) is 5.44. The molecule has 0 saturated carbocycles. The highest BCUT2D eigenvalue weighted by molar-refractivity contribution is 9.10. The molecule has 4 nitrogen and oxygen atoms in total. The second-order valence-electron chi connectivity index (χ2n) is 6.64. The minimum atomic E-state index is 0.712. The number of benzene rings is 2. The average molecular weight is 424 g/mol. The molecule has 3 N–H and O–H groups in total. The average Bonchev–Trinajstić information content (AvgIpc) is 3.05. The summed E-state index contributed by atoms with van der Waals surface area (Å²) in [4.78, 5) is 8.49. The van der Waals surface area contributed by atoms with E-state index in [0.29, 0.717) is 6.54 Å². The van der Waals surface area contributed by atoms with E-state index in [1.54, 1.807) is 7.11 Å². The van der Waals surface area contributed by atoms with Crippen molar-refractivity contribution in [3.63, 3.8) is 0 Å². The number of para-hydroxylation sites is 1. The van der Waals surface area contributed by atoms with E-state index >= 15 is 0 Å². The molecule has 0 atom stereocenters. The first-order chi connectivity index (χ1) is 13.2. The Hall–Kier alpha value is -2.37. The van der Waals surface area contributed by atoms with Gasteiger partial charge in [-0.15, -0.1) is 0 Å². The van der Waals surface area contributed by atoms with Crippen molar-refractivity contribution in [2.45, 2.75) is 19.3 Å². The highest BCUT2D eigenvalue weighted by Gasteiger charge is 2.16. The molecule has 0 fully saturated rings. The molecular formula is C22H22BrN3O. The van der Waals surface area contributed by atoms with Crippen molar-refractivity contribution >= 4 is 37.7 Å². The molecule has 138 valence electrons. The monoisotopic (exact) mass is 423 g/mol. The van der Waals surface area contributed by atoms with E-state index in [0.717, 1.165) is 57.3 Å². The van der Waals surface area contributed by atoms with Crippen LogP contribution >= 0.6 is 15.9 Å². The minimum Gasteiger partial charge on any atom is -0.496 e. The van der Waals surface area contributed by atoms with Crippen molar-refractivity contribution in [3.05, 3.63) is 58.6 Å². The largest absolute Gasteiger partial charge is 0.496 e. The van der Waals surface area contributed by atoms with E-state index in [4.69, 9.17) is 15.5 Å². The summed E-state index contributed by atoms with van der Waals surface area (Å²) >= 11 is 3.60. The minimum absolute atomic E-state index is 0.712. The smallest absolute Gasteiger partial charge is 0.130 e. The molecule has 5 heteroatoms. The Morgan fingerprint density at radius 2 is 1.93 bits per heavy atom. The van der Waals surface area contributed by atoms with Crippen molar-refractivity contribution in [2.75, 3.05) is 13.7 Å². The Bertz CT molecular complexity index is 1100. The van der Waals surface area contributed by atoms with Gasteiger partial charge in [0.2, 0.25) is 0 Å². The molecule has 2 heterocycles. The summed E-state index contributed by atoms with van der Waals surface area (Å²) in [6.07, 6.45) is 3.02. The molecule has 0 bridgehead atoms. The van der Waals surface area contributed by atoms with Crippen LogP contribution in [0.15, 0.2) is 53.0 Å². The topological polar surface area (TPSA) is 63.9 Å². The maximum absolute atomic E-state index is 5.71. The van der Waals surface area contributed by atoms with Gasteiger partial charge in [-0.2, -0.15) is 0 Å². The summed E-state index contributed by atoms with van der Waals surface area (Å²) in [5, 5.41) is 2.25. The van der Waals surface area contributed by atoms with E-state index in [-0.39, 0.29) is 0 Å². The Morgan fingerprint density at radius 1 is 1.07 bits per heavy atom. The number of H-pyrrole nitrogens is 1. The highest BCUT2D eigenvalue weighted by atomic mass is 79.9. The first-order valence-electron chi connectivity index (χ1n) is 9.15. The maximum Gasteiger partial charge on any atom is 0.130 e. The number of unbranched alkanes of at least 4 members (excludes halogenated alkanes) is 1. The summed E-state index contributed by atoms with van der Waals surface area (Å²) in [7, 11) is 1.70. The summed E-state index contributed by atoms with van der Waals surface area (Å²) in [5.74, 6) is 0.836. The number of ether oxygens (including phenoxy) is 1.